The van der Waals surface area contributed by atoms with Crippen LogP contribution in [0.25, 0.3) is 11.0 Å². The second-order valence-electron chi connectivity index (χ2n) is 5.93. The molecule has 27 heavy (non-hydrogen) atoms. The maximum Gasteiger partial charge on any atom is 0.374 e. The summed E-state index contributed by atoms with van der Waals surface area (Å²) < 4.78 is 10.4. The molecule has 0 saturated heterocycles. The van der Waals surface area contributed by atoms with Crippen LogP contribution in [0.3, 0.4) is 0 Å². The molecule has 0 aliphatic carbocycles. The Morgan fingerprint density at radius 1 is 1.11 bits per heavy atom. The van der Waals surface area contributed by atoms with E-state index in [1.165, 1.54) is 17.0 Å². The third kappa shape index (κ3) is 4.54. The van der Waals surface area contributed by atoms with E-state index in [2.05, 4.69) is 0 Å². The molecule has 0 saturated carbocycles. The van der Waals surface area contributed by atoms with Crippen molar-refractivity contribution in [2.24, 2.45) is 0 Å². The molecule has 138 valence electrons. The van der Waals surface area contributed by atoms with E-state index in [4.69, 9.17) is 20.8 Å². The van der Waals surface area contributed by atoms with Gasteiger partial charge in [0.05, 0.1) is 5.39 Å². The molecule has 0 N–H and O–H groups in total. The summed E-state index contributed by atoms with van der Waals surface area (Å²) in [4.78, 5) is 37.8. The summed E-state index contributed by atoms with van der Waals surface area (Å²) in [5, 5.41) is 0.648. The molecule has 2 aromatic carbocycles. The minimum atomic E-state index is -0.884. The van der Waals surface area contributed by atoms with Gasteiger partial charge in [-0.1, -0.05) is 41.9 Å². The molecule has 0 aliphatic rings. The highest BCUT2D eigenvalue weighted by molar-refractivity contribution is 6.31. The lowest BCUT2D eigenvalue weighted by Gasteiger charge is -2.17. The quantitative estimate of drug-likeness (QED) is 0.630. The summed E-state index contributed by atoms with van der Waals surface area (Å²) in [5.41, 5.74) is 0.753. The van der Waals surface area contributed by atoms with Crippen molar-refractivity contribution in [3.8, 4) is 0 Å². The minimum absolute atomic E-state index is 0.214. The van der Waals surface area contributed by atoms with Gasteiger partial charge >= 0.3 is 5.97 Å². The number of benzene rings is 2. The fourth-order valence-corrected chi connectivity index (χ4v) is 2.66. The molecule has 6 nitrogen and oxygen atoms in total. The average Bonchev–Trinajstić information content (AvgIpc) is 2.67. The normalized spacial score (nSPS) is 10.6. The second kappa shape index (κ2) is 8.05. The number of amides is 1. The van der Waals surface area contributed by atoms with E-state index in [9.17, 15) is 14.4 Å². The molecular weight excluding hydrogens is 370 g/mol. The molecule has 0 atom stereocenters. The maximum absolute atomic E-state index is 12.1. The molecule has 1 aromatic heterocycles. The summed E-state index contributed by atoms with van der Waals surface area (Å²) in [6.45, 7) is -0.0619. The van der Waals surface area contributed by atoms with E-state index in [0.29, 0.717) is 11.6 Å². The van der Waals surface area contributed by atoms with E-state index in [0.717, 1.165) is 11.6 Å². The van der Waals surface area contributed by atoms with Gasteiger partial charge in [0.25, 0.3) is 5.91 Å². The Morgan fingerprint density at radius 3 is 2.59 bits per heavy atom. The van der Waals surface area contributed by atoms with Crippen molar-refractivity contribution < 1.29 is 18.7 Å². The molecule has 0 spiro atoms. The first kappa shape index (κ1) is 18.7. The molecule has 0 unspecified atom stereocenters. The van der Waals surface area contributed by atoms with Crippen molar-refractivity contribution in [3.05, 3.63) is 81.2 Å². The summed E-state index contributed by atoms with van der Waals surface area (Å²) >= 11 is 5.85. The van der Waals surface area contributed by atoms with E-state index in [1.54, 1.807) is 13.1 Å². The van der Waals surface area contributed by atoms with Crippen LogP contribution in [0.5, 0.6) is 0 Å². The zero-order valence-electron chi connectivity index (χ0n) is 14.5. The number of esters is 1. The van der Waals surface area contributed by atoms with Gasteiger partial charge in [0, 0.05) is 24.7 Å². The van der Waals surface area contributed by atoms with Crippen molar-refractivity contribution >= 4 is 34.4 Å². The van der Waals surface area contributed by atoms with Gasteiger partial charge in [0.1, 0.15) is 5.58 Å². The van der Waals surface area contributed by atoms with Crippen molar-refractivity contribution in [1.29, 1.82) is 0 Å². The number of rotatable bonds is 5. The zero-order chi connectivity index (χ0) is 19.4. The minimum Gasteiger partial charge on any atom is -0.450 e. The van der Waals surface area contributed by atoms with Gasteiger partial charge < -0.3 is 14.1 Å². The standard InChI is InChI=1S/C20H16ClNO5/c1-22(11-13-5-3-2-4-6-13)19(24)12-26-20(25)18-10-16(23)15-9-14(21)7-8-17(15)27-18/h2-10H,11-12H2,1H3. The highest BCUT2D eigenvalue weighted by Crippen LogP contribution is 2.18. The monoisotopic (exact) mass is 385 g/mol. The van der Waals surface area contributed by atoms with Crippen LogP contribution < -0.4 is 5.43 Å². The molecule has 1 amide bonds. The molecule has 0 fully saturated rings. The van der Waals surface area contributed by atoms with E-state index < -0.39 is 18.0 Å². The number of fused-ring (bicyclic) bond motifs is 1. The number of carbonyl (C=O) groups is 2. The lowest BCUT2D eigenvalue weighted by molar-refractivity contribution is -0.133. The van der Waals surface area contributed by atoms with Crippen molar-refractivity contribution in [2.75, 3.05) is 13.7 Å². The average molecular weight is 386 g/mol. The number of nitrogens with zero attached hydrogens (tertiary/aromatic N) is 1. The van der Waals surface area contributed by atoms with E-state index >= 15 is 0 Å². The Hall–Kier alpha value is -3.12. The zero-order valence-corrected chi connectivity index (χ0v) is 15.2. The van der Waals surface area contributed by atoms with Crippen LogP contribution in [-0.2, 0) is 16.1 Å². The van der Waals surface area contributed by atoms with Crippen LogP contribution >= 0.6 is 11.6 Å². The second-order valence-corrected chi connectivity index (χ2v) is 6.36. The number of likely N-dealkylation sites (N-methyl/N-ethyl adjacent to an activating group) is 1. The molecule has 0 radical (unpaired) electrons. The van der Waals surface area contributed by atoms with Crippen LogP contribution in [0.15, 0.2) is 63.8 Å². The highest BCUT2D eigenvalue weighted by Gasteiger charge is 2.17. The highest BCUT2D eigenvalue weighted by atomic mass is 35.5. The molecule has 7 heteroatoms. The SMILES string of the molecule is CN(Cc1ccccc1)C(=O)COC(=O)c1cc(=O)c2cc(Cl)ccc2o1. The molecule has 3 aromatic rings. The lowest BCUT2D eigenvalue weighted by Crippen LogP contribution is -2.30. The smallest absolute Gasteiger partial charge is 0.374 e. The first-order valence-electron chi connectivity index (χ1n) is 8.12. The maximum atomic E-state index is 12.1. The van der Waals surface area contributed by atoms with Gasteiger partial charge in [-0.05, 0) is 23.8 Å². The fraction of sp³-hybridized carbons (Fsp3) is 0.150. The molecule has 0 aliphatic heterocycles. The Kier molecular flexibility index (Phi) is 5.57. The van der Waals surface area contributed by atoms with Gasteiger partial charge in [0.2, 0.25) is 5.76 Å². The first-order chi connectivity index (χ1) is 12.9. The van der Waals surface area contributed by atoms with Gasteiger partial charge in [-0.15, -0.1) is 0 Å². The van der Waals surface area contributed by atoms with Crippen LogP contribution in [0.1, 0.15) is 16.1 Å². The number of hydrogen-bond acceptors (Lipinski definition) is 5. The van der Waals surface area contributed by atoms with Crippen LogP contribution in [0.4, 0.5) is 0 Å². The summed E-state index contributed by atoms with van der Waals surface area (Å²) in [6.07, 6.45) is 0. The summed E-state index contributed by atoms with van der Waals surface area (Å²) in [5.74, 6) is -1.53. The Balaban J connectivity index is 1.65. The number of halogens is 1. The Labute approximate surface area is 159 Å². The summed E-state index contributed by atoms with van der Waals surface area (Å²) in [6, 6.07) is 15.0. The van der Waals surface area contributed by atoms with E-state index in [1.807, 2.05) is 30.3 Å². The fourth-order valence-electron chi connectivity index (χ4n) is 2.48. The van der Waals surface area contributed by atoms with Crippen molar-refractivity contribution in [2.45, 2.75) is 6.54 Å². The molecular formula is C20H16ClNO5. The third-order valence-electron chi connectivity index (χ3n) is 3.91. The van der Waals surface area contributed by atoms with Crippen LogP contribution in [0.2, 0.25) is 5.02 Å². The largest absolute Gasteiger partial charge is 0.450 e. The van der Waals surface area contributed by atoms with Crippen molar-refractivity contribution in [1.82, 2.24) is 4.90 Å². The van der Waals surface area contributed by atoms with Crippen LogP contribution in [-0.4, -0.2) is 30.4 Å². The lowest BCUT2D eigenvalue weighted by atomic mass is 10.2. The van der Waals surface area contributed by atoms with Gasteiger partial charge in [0.15, 0.2) is 12.0 Å². The number of ether oxygens (including phenoxy) is 1. The number of carbonyl (C=O) groups excluding carboxylic acids is 2. The predicted octanol–water partition coefficient (Wildman–Crippen LogP) is 3.26. The predicted molar refractivity (Wildman–Crippen MR) is 101 cm³/mol. The van der Waals surface area contributed by atoms with Crippen LogP contribution in [0, 0.1) is 0 Å². The Morgan fingerprint density at radius 2 is 1.85 bits per heavy atom. The van der Waals surface area contributed by atoms with Gasteiger partial charge in [-0.2, -0.15) is 0 Å². The van der Waals surface area contributed by atoms with Crippen molar-refractivity contribution in [3.63, 3.8) is 0 Å². The Bertz CT molecular complexity index is 1050. The van der Waals surface area contributed by atoms with Gasteiger partial charge in [-0.3, -0.25) is 9.59 Å². The van der Waals surface area contributed by atoms with Gasteiger partial charge in [-0.25, -0.2) is 4.79 Å². The topological polar surface area (TPSA) is 76.8 Å². The third-order valence-corrected chi connectivity index (χ3v) is 4.14. The molecule has 3 rings (SSSR count). The molecule has 1 heterocycles. The first-order valence-corrected chi connectivity index (χ1v) is 8.50. The van der Waals surface area contributed by atoms with E-state index in [-0.39, 0.29) is 22.6 Å². The summed E-state index contributed by atoms with van der Waals surface area (Å²) in [7, 11) is 1.61. The molecule has 0 bridgehead atoms. The number of hydrogen-bond donors (Lipinski definition) is 0.